The van der Waals surface area contributed by atoms with Crippen LogP contribution in [0.5, 0.6) is 0 Å². The molecule has 0 heterocycles. The normalized spacial score (nSPS) is 14.2. The van der Waals surface area contributed by atoms with E-state index in [1.165, 1.54) is 13.2 Å². The Kier molecular flexibility index (Phi) is 7.46. The van der Waals surface area contributed by atoms with Gasteiger partial charge in [-0.05, 0) is 6.42 Å². The predicted molar refractivity (Wildman–Crippen MR) is 55.7 cm³/mol. The SMILES string of the molecule is CCC(O)/C=C/C=C/C=C/C(=O)OC. The van der Waals surface area contributed by atoms with E-state index in [2.05, 4.69) is 4.74 Å². The number of carbonyl (C=O) groups excluding carboxylic acids is 1. The number of rotatable bonds is 5. The van der Waals surface area contributed by atoms with E-state index >= 15 is 0 Å². The molecule has 0 radical (unpaired) electrons. The monoisotopic (exact) mass is 196 g/mol. The Labute approximate surface area is 84.4 Å². The Balaban J connectivity index is 3.79. The van der Waals surface area contributed by atoms with Crippen LogP contribution in [-0.2, 0) is 9.53 Å². The highest BCUT2D eigenvalue weighted by molar-refractivity contribution is 5.82. The third-order valence-electron chi connectivity index (χ3n) is 1.52. The molecule has 0 aliphatic heterocycles. The maximum Gasteiger partial charge on any atom is 0.330 e. The number of methoxy groups -OCH3 is 1. The molecule has 0 aromatic rings. The van der Waals surface area contributed by atoms with Crippen LogP contribution >= 0.6 is 0 Å². The topological polar surface area (TPSA) is 46.5 Å². The number of hydrogen-bond acceptors (Lipinski definition) is 3. The number of hydrogen-bond donors (Lipinski definition) is 1. The molecular formula is C11H16O3. The molecule has 0 spiro atoms. The molecule has 0 aliphatic carbocycles. The Morgan fingerprint density at radius 2 is 2.00 bits per heavy atom. The Morgan fingerprint density at radius 1 is 1.36 bits per heavy atom. The second-order valence-electron chi connectivity index (χ2n) is 2.63. The van der Waals surface area contributed by atoms with Gasteiger partial charge in [-0.2, -0.15) is 0 Å². The molecule has 0 fully saturated rings. The molecule has 1 N–H and O–H groups in total. The van der Waals surface area contributed by atoms with Crippen LogP contribution in [0.3, 0.4) is 0 Å². The van der Waals surface area contributed by atoms with Crippen LogP contribution < -0.4 is 0 Å². The highest BCUT2D eigenvalue weighted by Crippen LogP contribution is 1.91. The third-order valence-corrected chi connectivity index (χ3v) is 1.52. The van der Waals surface area contributed by atoms with Gasteiger partial charge in [-0.3, -0.25) is 0 Å². The van der Waals surface area contributed by atoms with E-state index in [9.17, 15) is 4.79 Å². The van der Waals surface area contributed by atoms with E-state index in [0.717, 1.165) is 0 Å². The first-order valence-electron chi connectivity index (χ1n) is 4.48. The van der Waals surface area contributed by atoms with Crippen LogP contribution in [-0.4, -0.2) is 24.3 Å². The van der Waals surface area contributed by atoms with Gasteiger partial charge in [-0.1, -0.05) is 37.3 Å². The van der Waals surface area contributed by atoms with Crippen molar-refractivity contribution in [1.29, 1.82) is 0 Å². The van der Waals surface area contributed by atoms with Gasteiger partial charge in [0.05, 0.1) is 13.2 Å². The zero-order valence-corrected chi connectivity index (χ0v) is 8.51. The number of esters is 1. The molecule has 0 aromatic carbocycles. The summed E-state index contributed by atoms with van der Waals surface area (Å²) in [6, 6.07) is 0. The van der Waals surface area contributed by atoms with Crippen molar-refractivity contribution in [3.8, 4) is 0 Å². The summed E-state index contributed by atoms with van der Waals surface area (Å²) in [6.45, 7) is 1.90. The average molecular weight is 196 g/mol. The standard InChI is InChI=1S/C11H16O3/c1-3-10(12)8-6-4-5-7-9-11(13)14-2/h4-10,12H,3H2,1-2H3/b5-4+,8-6+,9-7+. The van der Waals surface area contributed by atoms with Crippen molar-refractivity contribution in [2.45, 2.75) is 19.4 Å². The van der Waals surface area contributed by atoms with E-state index in [-0.39, 0.29) is 5.97 Å². The first kappa shape index (κ1) is 12.7. The lowest BCUT2D eigenvalue weighted by Crippen LogP contribution is -1.97. The molecule has 14 heavy (non-hydrogen) atoms. The maximum absolute atomic E-state index is 10.6. The molecule has 1 unspecified atom stereocenters. The fourth-order valence-corrected chi connectivity index (χ4v) is 0.659. The van der Waals surface area contributed by atoms with Crippen LogP contribution in [0.15, 0.2) is 36.5 Å². The number of ether oxygens (including phenoxy) is 1. The van der Waals surface area contributed by atoms with E-state index < -0.39 is 6.10 Å². The molecule has 3 nitrogen and oxygen atoms in total. The quantitative estimate of drug-likeness (QED) is 0.412. The van der Waals surface area contributed by atoms with Crippen molar-refractivity contribution in [1.82, 2.24) is 0 Å². The molecule has 78 valence electrons. The van der Waals surface area contributed by atoms with E-state index in [1.54, 1.807) is 30.4 Å². The number of carbonyl (C=O) groups is 1. The van der Waals surface area contributed by atoms with Gasteiger partial charge in [0.25, 0.3) is 0 Å². The Morgan fingerprint density at radius 3 is 2.57 bits per heavy atom. The first-order valence-corrected chi connectivity index (χ1v) is 4.48. The van der Waals surface area contributed by atoms with Gasteiger partial charge in [-0.25, -0.2) is 4.79 Å². The van der Waals surface area contributed by atoms with Crippen molar-refractivity contribution in [3.05, 3.63) is 36.5 Å². The minimum absolute atomic E-state index is 0.382. The zero-order valence-electron chi connectivity index (χ0n) is 8.51. The van der Waals surface area contributed by atoms with Gasteiger partial charge < -0.3 is 9.84 Å². The molecule has 3 heteroatoms. The zero-order chi connectivity index (χ0) is 10.8. The minimum Gasteiger partial charge on any atom is -0.466 e. The van der Waals surface area contributed by atoms with E-state index in [0.29, 0.717) is 6.42 Å². The van der Waals surface area contributed by atoms with Gasteiger partial charge in [0, 0.05) is 6.08 Å². The van der Waals surface area contributed by atoms with Gasteiger partial charge in [0.2, 0.25) is 0 Å². The lowest BCUT2D eigenvalue weighted by Gasteiger charge is -1.95. The smallest absolute Gasteiger partial charge is 0.330 e. The Bertz CT molecular complexity index is 239. The highest BCUT2D eigenvalue weighted by atomic mass is 16.5. The van der Waals surface area contributed by atoms with Crippen molar-refractivity contribution in [2.24, 2.45) is 0 Å². The van der Waals surface area contributed by atoms with Crippen LogP contribution in [0.2, 0.25) is 0 Å². The van der Waals surface area contributed by atoms with Gasteiger partial charge in [0.1, 0.15) is 0 Å². The largest absolute Gasteiger partial charge is 0.466 e. The fourth-order valence-electron chi connectivity index (χ4n) is 0.659. The van der Waals surface area contributed by atoms with Gasteiger partial charge >= 0.3 is 5.97 Å². The summed E-state index contributed by atoms with van der Waals surface area (Å²) in [5.74, 6) is -0.382. The molecule has 0 rings (SSSR count). The summed E-state index contributed by atoms with van der Waals surface area (Å²) in [5.41, 5.74) is 0. The summed E-state index contributed by atoms with van der Waals surface area (Å²) >= 11 is 0. The summed E-state index contributed by atoms with van der Waals surface area (Å²) in [5, 5.41) is 9.13. The van der Waals surface area contributed by atoms with Crippen LogP contribution in [0.4, 0.5) is 0 Å². The maximum atomic E-state index is 10.6. The van der Waals surface area contributed by atoms with Crippen molar-refractivity contribution < 1.29 is 14.6 Å². The van der Waals surface area contributed by atoms with E-state index in [1.807, 2.05) is 6.92 Å². The second-order valence-corrected chi connectivity index (χ2v) is 2.63. The molecule has 1 atom stereocenters. The van der Waals surface area contributed by atoms with Gasteiger partial charge in [-0.15, -0.1) is 0 Å². The molecule has 0 aliphatic rings. The first-order chi connectivity index (χ1) is 6.70. The van der Waals surface area contributed by atoms with E-state index in [4.69, 9.17) is 5.11 Å². The van der Waals surface area contributed by atoms with Crippen molar-refractivity contribution in [2.75, 3.05) is 7.11 Å². The van der Waals surface area contributed by atoms with Crippen molar-refractivity contribution >= 4 is 5.97 Å². The highest BCUT2D eigenvalue weighted by Gasteiger charge is 1.89. The minimum atomic E-state index is -0.399. The second kappa shape index (κ2) is 8.26. The molecule has 0 saturated carbocycles. The third kappa shape index (κ3) is 7.31. The van der Waals surface area contributed by atoms with Crippen LogP contribution in [0, 0.1) is 0 Å². The van der Waals surface area contributed by atoms with Crippen LogP contribution in [0.25, 0.3) is 0 Å². The van der Waals surface area contributed by atoms with Crippen LogP contribution in [0.1, 0.15) is 13.3 Å². The summed E-state index contributed by atoms with van der Waals surface area (Å²) in [7, 11) is 1.33. The number of aliphatic hydroxyl groups excluding tert-OH is 1. The predicted octanol–water partition coefficient (Wildman–Crippen LogP) is 1.60. The molecule has 0 amide bonds. The lowest BCUT2D eigenvalue weighted by atomic mass is 10.2. The summed E-state index contributed by atoms with van der Waals surface area (Å²) < 4.78 is 4.39. The van der Waals surface area contributed by atoms with Crippen molar-refractivity contribution in [3.63, 3.8) is 0 Å². The number of aliphatic hydroxyl groups is 1. The molecular weight excluding hydrogens is 180 g/mol. The molecule has 0 saturated heterocycles. The molecule has 0 aromatic heterocycles. The fraction of sp³-hybridized carbons (Fsp3) is 0.364. The van der Waals surface area contributed by atoms with Gasteiger partial charge in [0.15, 0.2) is 0 Å². The summed E-state index contributed by atoms with van der Waals surface area (Å²) in [4.78, 5) is 10.6. The lowest BCUT2D eigenvalue weighted by molar-refractivity contribution is -0.134. The summed E-state index contributed by atoms with van der Waals surface area (Å²) in [6.07, 6.45) is 10.0. The molecule has 0 bridgehead atoms. The average Bonchev–Trinajstić information content (AvgIpc) is 2.22. The Hall–Kier alpha value is -1.35. The number of allylic oxidation sites excluding steroid dienone is 4.